The Bertz CT molecular complexity index is 524. The van der Waals surface area contributed by atoms with Gasteiger partial charge >= 0.3 is 0 Å². The number of halogens is 2. The van der Waals surface area contributed by atoms with Crippen molar-refractivity contribution in [3.05, 3.63) is 52.1 Å². The lowest BCUT2D eigenvalue weighted by Gasteiger charge is -2.14. The van der Waals surface area contributed by atoms with E-state index in [1.165, 1.54) is 12.1 Å². The van der Waals surface area contributed by atoms with Crippen molar-refractivity contribution in [2.24, 2.45) is 0 Å². The van der Waals surface area contributed by atoms with Crippen LogP contribution < -0.4 is 5.32 Å². The summed E-state index contributed by atoms with van der Waals surface area (Å²) in [7, 11) is 0. The zero-order chi connectivity index (χ0) is 12.4. The largest absolute Gasteiger partial charge is 0.464 e. The highest BCUT2D eigenvalue weighted by Crippen LogP contribution is 2.27. The minimum absolute atomic E-state index is 0.0328. The molecule has 0 aliphatic rings. The van der Waals surface area contributed by atoms with Crippen LogP contribution >= 0.6 is 15.9 Å². The van der Waals surface area contributed by atoms with Gasteiger partial charge in [0, 0.05) is 10.2 Å². The quantitative estimate of drug-likeness (QED) is 0.891. The number of benzene rings is 1. The van der Waals surface area contributed by atoms with Gasteiger partial charge in [-0.15, -0.1) is 0 Å². The molecule has 1 aromatic carbocycles. The summed E-state index contributed by atoms with van der Waals surface area (Å²) in [5, 5.41) is 3.26. The molecule has 0 radical (unpaired) electrons. The number of furan rings is 1. The molecule has 0 bridgehead atoms. The van der Waals surface area contributed by atoms with E-state index in [2.05, 4.69) is 21.2 Å². The molecule has 1 aromatic heterocycles. The molecule has 0 saturated heterocycles. The van der Waals surface area contributed by atoms with E-state index < -0.39 is 0 Å². The Balaban J connectivity index is 2.15. The van der Waals surface area contributed by atoms with Gasteiger partial charge in [0.2, 0.25) is 0 Å². The van der Waals surface area contributed by atoms with Crippen molar-refractivity contribution in [3.8, 4) is 0 Å². The molecule has 2 nitrogen and oxygen atoms in total. The molecule has 2 aromatic rings. The Hall–Kier alpha value is -1.29. The van der Waals surface area contributed by atoms with Crippen molar-refractivity contribution >= 4 is 21.6 Å². The van der Waals surface area contributed by atoms with Crippen LogP contribution in [0.15, 0.2) is 39.2 Å². The fraction of sp³-hybridized carbons (Fsp3) is 0.231. The molecule has 0 amide bonds. The fourth-order valence-corrected chi connectivity index (χ4v) is 2.06. The first-order valence-electron chi connectivity index (χ1n) is 5.34. The van der Waals surface area contributed by atoms with Crippen molar-refractivity contribution in [2.75, 3.05) is 5.32 Å². The summed E-state index contributed by atoms with van der Waals surface area (Å²) in [4.78, 5) is 0. The van der Waals surface area contributed by atoms with Gasteiger partial charge in [-0.2, -0.15) is 0 Å². The van der Waals surface area contributed by atoms with E-state index in [-0.39, 0.29) is 11.9 Å². The number of nitrogens with one attached hydrogen (secondary N) is 1. The molecule has 0 saturated carbocycles. The normalized spacial score (nSPS) is 12.5. The maximum absolute atomic E-state index is 12.9. The van der Waals surface area contributed by atoms with E-state index in [9.17, 15) is 4.39 Å². The second-order valence-corrected chi connectivity index (χ2v) is 4.79. The van der Waals surface area contributed by atoms with Gasteiger partial charge in [0.05, 0.1) is 6.04 Å². The highest BCUT2D eigenvalue weighted by Gasteiger charge is 2.11. The average molecular weight is 298 g/mol. The van der Waals surface area contributed by atoms with Gasteiger partial charge in [-0.1, -0.05) is 0 Å². The van der Waals surface area contributed by atoms with Crippen LogP contribution in [0.25, 0.3) is 0 Å². The van der Waals surface area contributed by atoms with E-state index in [1.54, 1.807) is 6.07 Å². The molecule has 1 atom stereocenters. The lowest BCUT2D eigenvalue weighted by molar-refractivity contribution is 0.467. The first kappa shape index (κ1) is 12.2. The summed E-state index contributed by atoms with van der Waals surface area (Å²) in [6, 6.07) is 8.45. The molecule has 2 rings (SSSR count). The summed E-state index contributed by atoms with van der Waals surface area (Å²) in [6.07, 6.45) is 0. The maximum Gasteiger partial charge on any atom is 0.126 e. The Labute approximate surface area is 108 Å². The SMILES string of the molecule is Cc1ccc(C(C)Nc2ccc(F)cc2Br)o1. The Morgan fingerprint density at radius 1 is 1.29 bits per heavy atom. The third kappa shape index (κ3) is 2.88. The smallest absolute Gasteiger partial charge is 0.126 e. The molecular weight excluding hydrogens is 285 g/mol. The van der Waals surface area contributed by atoms with Crippen molar-refractivity contribution < 1.29 is 8.81 Å². The lowest BCUT2D eigenvalue weighted by atomic mass is 10.2. The van der Waals surface area contributed by atoms with E-state index in [1.807, 2.05) is 26.0 Å². The highest BCUT2D eigenvalue weighted by atomic mass is 79.9. The predicted octanol–water partition coefficient (Wildman–Crippen LogP) is 4.66. The summed E-state index contributed by atoms with van der Waals surface area (Å²) in [6.45, 7) is 3.90. The average Bonchev–Trinajstić information content (AvgIpc) is 2.69. The Morgan fingerprint density at radius 3 is 2.65 bits per heavy atom. The number of hydrogen-bond donors (Lipinski definition) is 1. The van der Waals surface area contributed by atoms with Crippen molar-refractivity contribution in [3.63, 3.8) is 0 Å². The molecule has 17 heavy (non-hydrogen) atoms. The number of hydrogen-bond acceptors (Lipinski definition) is 2. The summed E-state index contributed by atoms with van der Waals surface area (Å²) in [5.74, 6) is 1.48. The zero-order valence-corrected chi connectivity index (χ0v) is 11.2. The summed E-state index contributed by atoms with van der Waals surface area (Å²) in [5.41, 5.74) is 0.841. The van der Waals surface area contributed by atoms with E-state index >= 15 is 0 Å². The third-order valence-electron chi connectivity index (χ3n) is 2.49. The molecule has 90 valence electrons. The van der Waals surface area contributed by atoms with Crippen LogP contribution in [-0.4, -0.2) is 0 Å². The van der Waals surface area contributed by atoms with Crippen LogP contribution in [0.3, 0.4) is 0 Å². The van der Waals surface area contributed by atoms with Gasteiger partial charge in [-0.05, 0) is 60.1 Å². The number of anilines is 1. The molecule has 1 unspecified atom stereocenters. The van der Waals surface area contributed by atoms with Gasteiger partial charge in [-0.3, -0.25) is 0 Å². The second kappa shape index (κ2) is 4.92. The van der Waals surface area contributed by atoms with Gasteiger partial charge in [-0.25, -0.2) is 4.39 Å². The van der Waals surface area contributed by atoms with Crippen LogP contribution in [0.2, 0.25) is 0 Å². The molecule has 0 aliphatic heterocycles. The van der Waals surface area contributed by atoms with Crippen LogP contribution in [-0.2, 0) is 0 Å². The molecule has 1 N–H and O–H groups in total. The molecule has 0 spiro atoms. The van der Waals surface area contributed by atoms with E-state index in [0.29, 0.717) is 4.47 Å². The Kier molecular flexibility index (Phi) is 3.52. The lowest BCUT2D eigenvalue weighted by Crippen LogP contribution is -2.06. The van der Waals surface area contributed by atoms with E-state index in [4.69, 9.17) is 4.42 Å². The predicted molar refractivity (Wildman–Crippen MR) is 69.6 cm³/mol. The molecule has 4 heteroatoms. The van der Waals surface area contributed by atoms with E-state index in [0.717, 1.165) is 17.2 Å². The minimum Gasteiger partial charge on any atom is -0.464 e. The monoisotopic (exact) mass is 297 g/mol. The van der Waals surface area contributed by atoms with Crippen LogP contribution in [0.1, 0.15) is 24.5 Å². The number of aryl methyl sites for hydroxylation is 1. The Morgan fingerprint density at radius 2 is 2.06 bits per heavy atom. The molecule has 1 heterocycles. The topological polar surface area (TPSA) is 25.2 Å². The molecule has 0 fully saturated rings. The van der Waals surface area contributed by atoms with Crippen LogP contribution in [0.4, 0.5) is 10.1 Å². The standard InChI is InChI=1S/C13H13BrFNO/c1-8-3-6-13(17-8)9(2)16-12-5-4-10(15)7-11(12)14/h3-7,9,16H,1-2H3. The highest BCUT2D eigenvalue weighted by molar-refractivity contribution is 9.10. The van der Waals surface area contributed by atoms with Gasteiger partial charge in [0.25, 0.3) is 0 Å². The zero-order valence-electron chi connectivity index (χ0n) is 9.63. The first-order chi connectivity index (χ1) is 8.06. The van der Waals surface area contributed by atoms with Gasteiger partial charge < -0.3 is 9.73 Å². The fourth-order valence-electron chi connectivity index (χ4n) is 1.60. The molecular formula is C13H13BrFNO. The van der Waals surface area contributed by atoms with Crippen molar-refractivity contribution in [2.45, 2.75) is 19.9 Å². The third-order valence-corrected chi connectivity index (χ3v) is 3.15. The van der Waals surface area contributed by atoms with Gasteiger partial charge in [0.1, 0.15) is 17.3 Å². The van der Waals surface area contributed by atoms with Crippen molar-refractivity contribution in [1.82, 2.24) is 0 Å². The first-order valence-corrected chi connectivity index (χ1v) is 6.13. The summed E-state index contributed by atoms with van der Waals surface area (Å²) >= 11 is 3.32. The minimum atomic E-state index is -0.260. The van der Waals surface area contributed by atoms with Crippen LogP contribution in [0.5, 0.6) is 0 Å². The molecule has 0 aliphatic carbocycles. The van der Waals surface area contributed by atoms with Gasteiger partial charge in [0.15, 0.2) is 0 Å². The van der Waals surface area contributed by atoms with Crippen LogP contribution in [0, 0.1) is 12.7 Å². The number of rotatable bonds is 3. The second-order valence-electron chi connectivity index (χ2n) is 3.94. The van der Waals surface area contributed by atoms with Crippen molar-refractivity contribution in [1.29, 1.82) is 0 Å². The summed E-state index contributed by atoms with van der Waals surface area (Å²) < 4.78 is 19.2. The maximum atomic E-state index is 12.9.